The second-order valence-electron chi connectivity index (χ2n) is 4.71. The number of ether oxygens (including phenoxy) is 1. The third-order valence-corrected chi connectivity index (χ3v) is 3.44. The molecule has 3 heteroatoms. The van der Waals surface area contributed by atoms with Gasteiger partial charge in [0.2, 0.25) is 0 Å². The Kier molecular flexibility index (Phi) is 4.15. The van der Waals surface area contributed by atoms with Crippen LogP contribution in [0.25, 0.3) is 0 Å². The number of hydrogen-bond donors (Lipinski definition) is 1. The summed E-state index contributed by atoms with van der Waals surface area (Å²) in [5.41, 5.74) is 3.76. The van der Waals surface area contributed by atoms with Crippen LogP contribution >= 0.6 is 0 Å². The fourth-order valence-corrected chi connectivity index (χ4v) is 2.50. The molecule has 1 saturated heterocycles. The Hall–Kier alpha value is -0.900. The van der Waals surface area contributed by atoms with Crippen LogP contribution in [0.5, 0.6) is 0 Å². The van der Waals surface area contributed by atoms with Crippen molar-refractivity contribution < 1.29 is 9.84 Å². The maximum atomic E-state index is 9.64. The van der Waals surface area contributed by atoms with Crippen LogP contribution in [-0.2, 0) is 4.74 Å². The Bertz CT molecular complexity index is 372. The molecule has 1 aliphatic rings. The molecule has 1 aliphatic heterocycles. The molecule has 0 amide bonds. The average Bonchev–Trinajstić information content (AvgIpc) is 2.34. The first kappa shape index (κ1) is 12.6. The van der Waals surface area contributed by atoms with Crippen LogP contribution < -0.4 is 0 Å². The van der Waals surface area contributed by atoms with Gasteiger partial charge in [0.25, 0.3) is 0 Å². The minimum Gasteiger partial charge on any atom is -0.394 e. The van der Waals surface area contributed by atoms with Crippen LogP contribution in [0.3, 0.4) is 0 Å². The van der Waals surface area contributed by atoms with Gasteiger partial charge in [0, 0.05) is 13.1 Å². The Morgan fingerprint density at radius 3 is 2.59 bits per heavy atom. The van der Waals surface area contributed by atoms with Crippen molar-refractivity contribution in [1.82, 2.24) is 4.90 Å². The van der Waals surface area contributed by atoms with Gasteiger partial charge >= 0.3 is 0 Å². The highest BCUT2D eigenvalue weighted by Crippen LogP contribution is 2.25. The van der Waals surface area contributed by atoms with Gasteiger partial charge in [0.1, 0.15) is 0 Å². The maximum absolute atomic E-state index is 9.64. The molecular weight excluding hydrogens is 214 g/mol. The van der Waals surface area contributed by atoms with Crippen molar-refractivity contribution in [3.8, 4) is 0 Å². The molecule has 17 heavy (non-hydrogen) atoms. The van der Waals surface area contributed by atoms with E-state index >= 15 is 0 Å². The molecule has 1 fully saturated rings. The molecule has 1 aromatic rings. The Labute approximate surface area is 103 Å². The maximum Gasteiger partial charge on any atom is 0.0628 e. The zero-order chi connectivity index (χ0) is 12.3. The first-order valence-corrected chi connectivity index (χ1v) is 6.22. The van der Waals surface area contributed by atoms with Crippen molar-refractivity contribution >= 4 is 0 Å². The zero-order valence-corrected chi connectivity index (χ0v) is 10.6. The molecule has 94 valence electrons. The molecular formula is C14H21NO2. The van der Waals surface area contributed by atoms with Crippen molar-refractivity contribution in [2.24, 2.45) is 0 Å². The zero-order valence-electron chi connectivity index (χ0n) is 10.6. The van der Waals surface area contributed by atoms with Crippen molar-refractivity contribution in [2.45, 2.75) is 19.9 Å². The van der Waals surface area contributed by atoms with Gasteiger partial charge in [0.15, 0.2) is 0 Å². The SMILES string of the molecule is Cc1ccc(C(CO)N2CCOCC2)c(C)c1. The first-order valence-electron chi connectivity index (χ1n) is 6.22. The number of aliphatic hydroxyl groups is 1. The topological polar surface area (TPSA) is 32.7 Å². The van der Waals surface area contributed by atoms with Gasteiger partial charge in [-0.3, -0.25) is 4.90 Å². The number of nitrogens with zero attached hydrogens (tertiary/aromatic N) is 1. The molecule has 0 bridgehead atoms. The summed E-state index contributed by atoms with van der Waals surface area (Å²) in [5, 5.41) is 9.64. The van der Waals surface area contributed by atoms with E-state index in [9.17, 15) is 5.11 Å². The van der Waals surface area contributed by atoms with Crippen LogP contribution in [-0.4, -0.2) is 42.9 Å². The summed E-state index contributed by atoms with van der Waals surface area (Å²) in [7, 11) is 0. The standard InChI is InChI=1S/C14H21NO2/c1-11-3-4-13(12(2)9-11)14(10-16)15-5-7-17-8-6-15/h3-4,9,14,16H,5-8,10H2,1-2H3. The van der Waals surface area contributed by atoms with Crippen LogP contribution in [0.15, 0.2) is 18.2 Å². The van der Waals surface area contributed by atoms with Crippen molar-refractivity contribution in [3.05, 3.63) is 34.9 Å². The second kappa shape index (κ2) is 5.63. The molecule has 2 rings (SSSR count). The predicted octanol–water partition coefficient (Wildman–Crippen LogP) is 1.67. The molecule has 0 saturated carbocycles. The summed E-state index contributed by atoms with van der Waals surface area (Å²) in [6.07, 6.45) is 0. The number of rotatable bonds is 3. The van der Waals surface area contributed by atoms with Crippen LogP contribution in [0.1, 0.15) is 22.7 Å². The third kappa shape index (κ3) is 2.86. The minimum atomic E-state index is 0.111. The molecule has 3 nitrogen and oxygen atoms in total. The summed E-state index contributed by atoms with van der Waals surface area (Å²) < 4.78 is 5.36. The summed E-state index contributed by atoms with van der Waals surface area (Å²) >= 11 is 0. The molecule has 1 aromatic carbocycles. The first-order chi connectivity index (χ1) is 8.22. The second-order valence-corrected chi connectivity index (χ2v) is 4.71. The van der Waals surface area contributed by atoms with Crippen LogP contribution in [0, 0.1) is 13.8 Å². The summed E-state index contributed by atoms with van der Waals surface area (Å²) in [5.74, 6) is 0. The number of aryl methyl sites for hydroxylation is 2. The van der Waals surface area contributed by atoms with E-state index in [1.54, 1.807) is 0 Å². The van der Waals surface area contributed by atoms with E-state index in [0.717, 1.165) is 26.3 Å². The van der Waals surface area contributed by atoms with Gasteiger partial charge in [-0.2, -0.15) is 0 Å². The molecule has 0 spiro atoms. The summed E-state index contributed by atoms with van der Waals surface area (Å²) in [4.78, 5) is 2.31. The molecule has 0 radical (unpaired) electrons. The Morgan fingerprint density at radius 1 is 1.29 bits per heavy atom. The number of benzene rings is 1. The predicted molar refractivity (Wildman–Crippen MR) is 68.1 cm³/mol. The fraction of sp³-hybridized carbons (Fsp3) is 0.571. The lowest BCUT2D eigenvalue weighted by atomic mass is 9.98. The molecule has 1 heterocycles. The van der Waals surface area contributed by atoms with Gasteiger partial charge in [0.05, 0.1) is 25.9 Å². The molecule has 0 aliphatic carbocycles. The van der Waals surface area contributed by atoms with E-state index in [0.29, 0.717) is 0 Å². The monoisotopic (exact) mass is 235 g/mol. The quantitative estimate of drug-likeness (QED) is 0.865. The van der Waals surface area contributed by atoms with E-state index in [1.807, 2.05) is 0 Å². The lowest BCUT2D eigenvalue weighted by Gasteiger charge is -2.34. The minimum absolute atomic E-state index is 0.111. The van der Waals surface area contributed by atoms with Crippen molar-refractivity contribution in [1.29, 1.82) is 0 Å². The highest BCUT2D eigenvalue weighted by Gasteiger charge is 2.22. The van der Waals surface area contributed by atoms with E-state index in [2.05, 4.69) is 36.9 Å². The van der Waals surface area contributed by atoms with Crippen molar-refractivity contribution in [2.75, 3.05) is 32.9 Å². The van der Waals surface area contributed by atoms with Gasteiger partial charge in [-0.25, -0.2) is 0 Å². The average molecular weight is 235 g/mol. The lowest BCUT2D eigenvalue weighted by Crippen LogP contribution is -2.40. The highest BCUT2D eigenvalue weighted by molar-refractivity contribution is 5.33. The third-order valence-electron chi connectivity index (χ3n) is 3.44. The Morgan fingerprint density at radius 2 is 2.00 bits per heavy atom. The van der Waals surface area contributed by atoms with Crippen molar-refractivity contribution in [3.63, 3.8) is 0 Å². The molecule has 1 atom stereocenters. The summed E-state index contributed by atoms with van der Waals surface area (Å²) in [6, 6.07) is 6.55. The van der Waals surface area contributed by atoms with Crippen LogP contribution in [0.2, 0.25) is 0 Å². The summed E-state index contributed by atoms with van der Waals surface area (Å²) in [6.45, 7) is 7.72. The molecule has 1 unspecified atom stereocenters. The number of morpholine rings is 1. The molecule has 0 aromatic heterocycles. The van der Waals surface area contributed by atoms with E-state index in [4.69, 9.17) is 4.74 Å². The van der Waals surface area contributed by atoms with E-state index in [1.165, 1.54) is 16.7 Å². The van der Waals surface area contributed by atoms with Crippen LogP contribution in [0.4, 0.5) is 0 Å². The fourth-order valence-electron chi connectivity index (χ4n) is 2.50. The van der Waals surface area contributed by atoms with E-state index < -0.39 is 0 Å². The number of aliphatic hydroxyl groups excluding tert-OH is 1. The molecule has 1 N–H and O–H groups in total. The highest BCUT2D eigenvalue weighted by atomic mass is 16.5. The lowest BCUT2D eigenvalue weighted by molar-refractivity contribution is 0.00243. The normalized spacial score (nSPS) is 19.2. The Balaban J connectivity index is 2.21. The van der Waals surface area contributed by atoms with Gasteiger partial charge < -0.3 is 9.84 Å². The number of hydrogen-bond acceptors (Lipinski definition) is 3. The smallest absolute Gasteiger partial charge is 0.0628 e. The largest absolute Gasteiger partial charge is 0.394 e. The van der Waals surface area contributed by atoms with Gasteiger partial charge in [-0.1, -0.05) is 23.8 Å². The van der Waals surface area contributed by atoms with E-state index in [-0.39, 0.29) is 12.6 Å². The van der Waals surface area contributed by atoms with Gasteiger partial charge in [-0.15, -0.1) is 0 Å². The van der Waals surface area contributed by atoms with Gasteiger partial charge in [-0.05, 0) is 25.0 Å².